The first kappa shape index (κ1) is 28.8. The number of hydrogen-bond acceptors (Lipinski definition) is 9. The Balaban J connectivity index is 1.10. The molecule has 2 aromatic heterocycles. The van der Waals surface area contributed by atoms with Gasteiger partial charge in [-0.05, 0) is 62.8 Å². The minimum absolute atomic E-state index is 0.0377. The summed E-state index contributed by atoms with van der Waals surface area (Å²) < 4.78 is 61.8. The van der Waals surface area contributed by atoms with Crippen LogP contribution in [0.2, 0.25) is 0 Å². The highest BCUT2D eigenvalue weighted by Crippen LogP contribution is 2.47. The van der Waals surface area contributed by atoms with Crippen molar-refractivity contribution >= 4 is 38.7 Å². The molecule has 44 heavy (non-hydrogen) atoms. The number of carbonyl (C=O) groups is 1. The van der Waals surface area contributed by atoms with Gasteiger partial charge in [0.2, 0.25) is 0 Å². The van der Waals surface area contributed by atoms with Crippen molar-refractivity contribution in [1.29, 1.82) is 0 Å². The van der Waals surface area contributed by atoms with Gasteiger partial charge in [-0.25, -0.2) is 9.78 Å². The average Bonchev–Trinajstić information content (AvgIpc) is 3.52. The van der Waals surface area contributed by atoms with Crippen molar-refractivity contribution < 1.29 is 36.7 Å². The number of aromatic nitrogens is 2. The number of benzene rings is 2. The number of thiazole rings is 1. The van der Waals surface area contributed by atoms with Crippen molar-refractivity contribution in [2.45, 2.75) is 75.6 Å². The van der Waals surface area contributed by atoms with E-state index in [-0.39, 0.29) is 42.0 Å². The number of nitrogens with zero attached hydrogens (tertiary/aromatic N) is 3. The van der Waals surface area contributed by atoms with E-state index in [2.05, 4.69) is 21.4 Å². The van der Waals surface area contributed by atoms with Gasteiger partial charge in [-0.3, -0.25) is 0 Å². The molecule has 3 fully saturated rings. The number of para-hydroxylation sites is 1. The van der Waals surface area contributed by atoms with Crippen molar-refractivity contribution in [2.24, 2.45) is 0 Å². The van der Waals surface area contributed by atoms with Crippen molar-refractivity contribution in [3.05, 3.63) is 65.4 Å². The quantitative estimate of drug-likeness (QED) is 0.174. The molecule has 3 aliphatic rings. The fraction of sp³-hybridized carbons (Fsp3) is 0.406. The fourth-order valence-electron chi connectivity index (χ4n) is 6.54. The van der Waals surface area contributed by atoms with E-state index in [0.29, 0.717) is 22.6 Å². The van der Waals surface area contributed by atoms with Gasteiger partial charge < -0.3 is 23.6 Å². The molecule has 1 unspecified atom stereocenters. The maximum absolute atomic E-state index is 13.1. The third kappa shape index (κ3) is 5.45. The molecule has 2 aromatic carbocycles. The molecular formula is C32H30F3N3O5S. The first-order valence-corrected chi connectivity index (χ1v) is 15.4. The molecule has 0 amide bonds. The van der Waals surface area contributed by atoms with Gasteiger partial charge in [0, 0.05) is 34.7 Å². The fourth-order valence-corrected chi connectivity index (χ4v) is 7.72. The predicted molar refractivity (Wildman–Crippen MR) is 159 cm³/mol. The normalized spacial score (nSPS) is 21.5. The molecule has 3 atom stereocenters. The molecule has 0 radical (unpaired) electrons. The molecular weight excluding hydrogens is 595 g/mol. The van der Waals surface area contributed by atoms with E-state index in [1.165, 1.54) is 19.2 Å². The number of fused-ring (bicyclic) bond motifs is 3. The van der Waals surface area contributed by atoms with Gasteiger partial charge in [-0.2, -0.15) is 0 Å². The Morgan fingerprint density at radius 1 is 1.16 bits per heavy atom. The van der Waals surface area contributed by atoms with Crippen LogP contribution in [0.4, 0.5) is 18.3 Å². The molecule has 2 bridgehead atoms. The molecule has 230 valence electrons. The van der Waals surface area contributed by atoms with E-state index in [4.69, 9.17) is 19.0 Å². The molecule has 2 aliphatic heterocycles. The molecule has 4 aromatic rings. The molecule has 0 spiro atoms. The molecule has 4 heterocycles. The summed E-state index contributed by atoms with van der Waals surface area (Å²) in [6, 6.07) is 10.0. The minimum Gasteiger partial charge on any atom is -0.465 e. The monoisotopic (exact) mass is 625 g/mol. The van der Waals surface area contributed by atoms with Gasteiger partial charge in [0.25, 0.3) is 0 Å². The van der Waals surface area contributed by atoms with E-state index >= 15 is 0 Å². The third-order valence-electron chi connectivity index (χ3n) is 8.66. The highest BCUT2D eigenvalue weighted by atomic mass is 32.1. The van der Waals surface area contributed by atoms with Crippen LogP contribution in [0.25, 0.3) is 27.6 Å². The van der Waals surface area contributed by atoms with E-state index in [0.717, 1.165) is 59.4 Å². The summed E-state index contributed by atoms with van der Waals surface area (Å²) in [7, 11) is 1.36. The Labute approximate surface area is 255 Å². The average molecular weight is 626 g/mol. The number of hydrogen-bond donors (Lipinski definition) is 0. The lowest BCUT2D eigenvalue weighted by atomic mass is 10.00. The number of carbonyl (C=O) groups excluding carboxylic acids is 1. The maximum atomic E-state index is 13.1. The molecule has 1 saturated carbocycles. The Hall–Kier alpha value is -3.90. The highest BCUT2D eigenvalue weighted by Gasteiger charge is 2.43. The van der Waals surface area contributed by atoms with Gasteiger partial charge in [-0.1, -0.05) is 41.3 Å². The number of ether oxygens (including phenoxy) is 3. The predicted octanol–water partition coefficient (Wildman–Crippen LogP) is 7.87. The molecule has 8 nitrogen and oxygen atoms in total. The maximum Gasteiger partial charge on any atom is 0.573 e. The van der Waals surface area contributed by atoms with Crippen LogP contribution in [0.5, 0.6) is 5.75 Å². The topological polar surface area (TPSA) is 86.9 Å². The SMILES string of the molecule is C=Cc1cc(C(=O)OC)cc2sc(N3[C@@H]4CC[C@H]3CC(OCc3c(-c5ccccc5OC(F)(F)F)noc3C3CC3)C4)nc12. The number of esters is 1. The summed E-state index contributed by atoms with van der Waals surface area (Å²) in [5.74, 6) is 0.154. The van der Waals surface area contributed by atoms with Crippen LogP contribution in [0.1, 0.15) is 71.7 Å². The van der Waals surface area contributed by atoms with Crippen LogP contribution >= 0.6 is 11.3 Å². The number of methoxy groups -OCH3 is 1. The van der Waals surface area contributed by atoms with Gasteiger partial charge in [0.05, 0.1) is 35.6 Å². The Kier molecular flexibility index (Phi) is 7.36. The summed E-state index contributed by atoms with van der Waals surface area (Å²) in [6.07, 6.45) is 2.33. The lowest BCUT2D eigenvalue weighted by molar-refractivity contribution is -0.274. The zero-order chi connectivity index (χ0) is 30.6. The summed E-state index contributed by atoms with van der Waals surface area (Å²) >= 11 is 1.56. The minimum atomic E-state index is -4.83. The second kappa shape index (κ2) is 11.2. The second-order valence-corrected chi connectivity index (χ2v) is 12.5. The molecule has 2 saturated heterocycles. The van der Waals surface area contributed by atoms with Gasteiger partial charge in [-0.15, -0.1) is 13.2 Å². The van der Waals surface area contributed by atoms with Gasteiger partial charge in [0.15, 0.2) is 5.13 Å². The number of piperidine rings is 1. The summed E-state index contributed by atoms with van der Waals surface area (Å²) in [5, 5.41) is 5.11. The van der Waals surface area contributed by atoms with E-state index in [1.54, 1.807) is 35.6 Å². The number of anilines is 1. The first-order chi connectivity index (χ1) is 21.2. The van der Waals surface area contributed by atoms with Gasteiger partial charge in [0.1, 0.15) is 17.2 Å². The smallest absolute Gasteiger partial charge is 0.465 e. The summed E-state index contributed by atoms with van der Waals surface area (Å²) in [5.41, 5.74) is 3.29. The highest BCUT2D eigenvalue weighted by molar-refractivity contribution is 7.22. The van der Waals surface area contributed by atoms with E-state index in [9.17, 15) is 18.0 Å². The Morgan fingerprint density at radius 2 is 1.91 bits per heavy atom. The zero-order valence-corrected chi connectivity index (χ0v) is 24.7. The first-order valence-electron chi connectivity index (χ1n) is 14.6. The molecule has 0 N–H and O–H groups in total. The van der Waals surface area contributed by atoms with Crippen LogP contribution < -0.4 is 9.64 Å². The van der Waals surface area contributed by atoms with Gasteiger partial charge >= 0.3 is 12.3 Å². The van der Waals surface area contributed by atoms with Crippen LogP contribution in [0.3, 0.4) is 0 Å². The number of rotatable bonds is 9. The lowest BCUT2D eigenvalue weighted by Crippen LogP contribution is -2.45. The van der Waals surface area contributed by atoms with Crippen LogP contribution in [-0.4, -0.2) is 47.8 Å². The van der Waals surface area contributed by atoms with Crippen molar-refractivity contribution in [3.63, 3.8) is 0 Å². The molecule has 7 rings (SSSR count). The third-order valence-corrected chi connectivity index (χ3v) is 9.68. The summed E-state index contributed by atoms with van der Waals surface area (Å²) in [4.78, 5) is 19.6. The van der Waals surface area contributed by atoms with Crippen LogP contribution in [-0.2, 0) is 16.1 Å². The van der Waals surface area contributed by atoms with E-state index < -0.39 is 12.3 Å². The van der Waals surface area contributed by atoms with Crippen LogP contribution in [0, 0.1) is 0 Å². The number of alkyl halides is 3. The van der Waals surface area contributed by atoms with E-state index in [1.807, 2.05) is 6.07 Å². The second-order valence-electron chi connectivity index (χ2n) is 11.5. The van der Waals surface area contributed by atoms with Crippen molar-refractivity contribution in [3.8, 4) is 17.0 Å². The van der Waals surface area contributed by atoms with Crippen molar-refractivity contribution in [2.75, 3.05) is 12.0 Å². The Bertz CT molecular complexity index is 1720. The standard InChI is InChI=1S/C32H30F3N3O5S/c1-3-17-12-19(30(39)40-2)13-26-27(17)36-31(44-26)38-20-10-11-21(38)15-22(14-20)41-16-24-28(37-43-29(24)18-8-9-18)23-6-4-5-7-25(23)42-32(33,34)35/h3-7,12-13,18,20-22H,1,8-11,14-16H2,2H3/t20-,21+,22?. The van der Waals surface area contributed by atoms with Crippen LogP contribution in [0.15, 0.2) is 47.5 Å². The number of halogens is 3. The van der Waals surface area contributed by atoms with Crippen molar-refractivity contribution in [1.82, 2.24) is 10.1 Å². The molecule has 12 heteroatoms. The lowest BCUT2D eigenvalue weighted by Gasteiger charge is -2.38. The Morgan fingerprint density at radius 3 is 2.59 bits per heavy atom. The summed E-state index contributed by atoms with van der Waals surface area (Å²) in [6.45, 7) is 4.09. The molecule has 1 aliphatic carbocycles. The zero-order valence-electron chi connectivity index (χ0n) is 23.9. The largest absolute Gasteiger partial charge is 0.573 e.